The van der Waals surface area contributed by atoms with Gasteiger partial charge in [-0.3, -0.25) is 0 Å². The standard InChI is InChI=1S/C25H24FNOS/c1-5-7-20-15(2)25-23(16(3)22(20)17-10-12-19(28)13-11-17)24-18(14-27(25)29-4)8-6-9-21(24)26/h5-6,8-13,28H,1,7,14H2,2-4H3. The van der Waals surface area contributed by atoms with Crippen molar-refractivity contribution < 1.29 is 9.50 Å². The summed E-state index contributed by atoms with van der Waals surface area (Å²) in [5.74, 6) is 0.0523. The molecule has 0 bridgehead atoms. The molecule has 0 aliphatic carbocycles. The van der Waals surface area contributed by atoms with Gasteiger partial charge in [0.05, 0.1) is 12.2 Å². The minimum Gasteiger partial charge on any atom is -0.508 e. The van der Waals surface area contributed by atoms with Gasteiger partial charge in [-0.2, -0.15) is 0 Å². The second-order valence-electron chi connectivity index (χ2n) is 7.36. The molecular weight excluding hydrogens is 381 g/mol. The minimum atomic E-state index is -0.180. The first-order valence-corrected chi connectivity index (χ1v) is 10.8. The van der Waals surface area contributed by atoms with E-state index in [0.717, 1.165) is 45.5 Å². The maximum atomic E-state index is 15.1. The third-order valence-corrected chi connectivity index (χ3v) is 6.49. The van der Waals surface area contributed by atoms with E-state index in [0.29, 0.717) is 12.1 Å². The molecule has 4 heteroatoms. The van der Waals surface area contributed by atoms with Crippen molar-refractivity contribution in [1.82, 2.24) is 0 Å². The smallest absolute Gasteiger partial charge is 0.131 e. The number of benzene rings is 3. The number of halogens is 1. The highest BCUT2D eigenvalue weighted by Gasteiger charge is 2.31. The largest absolute Gasteiger partial charge is 0.508 e. The van der Waals surface area contributed by atoms with Crippen molar-refractivity contribution in [3.05, 3.63) is 83.2 Å². The molecule has 0 aromatic heterocycles. The molecule has 1 heterocycles. The van der Waals surface area contributed by atoms with Crippen molar-refractivity contribution in [2.24, 2.45) is 0 Å². The Morgan fingerprint density at radius 2 is 1.79 bits per heavy atom. The third-order valence-electron chi connectivity index (χ3n) is 5.73. The van der Waals surface area contributed by atoms with Crippen molar-refractivity contribution in [2.75, 3.05) is 10.6 Å². The average molecular weight is 406 g/mol. The Balaban J connectivity index is 2.14. The van der Waals surface area contributed by atoms with Crippen LogP contribution in [0.4, 0.5) is 10.1 Å². The lowest BCUT2D eigenvalue weighted by Gasteiger charge is -2.36. The number of phenolic OH excluding ortho intramolecular Hbond substituents is 1. The van der Waals surface area contributed by atoms with Gasteiger partial charge in [-0.15, -0.1) is 6.58 Å². The molecule has 4 rings (SSSR count). The Labute approximate surface area is 175 Å². The molecule has 0 radical (unpaired) electrons. The van der Waals surface area contributed by atoms with E-state index in [1.165, 1.54) is 5.56 Å². The van der Waals surface area contributed by atoms with E-state index in [1.807, 2.05) is 24.3 Å². The molecule has 148 valence electrons. The molecule has 0 amide bonds. The molecule has 3 aromatic rings. The van der Waals surface area contributed by atoms with Crippen LogP contribution in [0.5, 0.6) is 5.75 Å². The zero-order valence-electron chi connectivity index (χ0n) is 16.9. The molecule has 0 atom stereocenters. The van der Waals surface area contributed by atoms with Crippen LogP contribution in [-0.4, -0.2) is 11.4 Å². The Morgan fingerprint density at radius 3 is 2.45 bits per heavy atom. The Hall–Kier alpha value is -2.72. The highest BCUT2D eigenvalue weighted by atomic mass is 32.2. The SMILES string of the molecule is C=CCc1c(C)c2c(c(C)c1-c1ccc(O)cc1)-c1c(F)cccc1CN2SC. The fraction of sp³-hybridized carbons (Fsp3) is 0.200. The topological polar surface area (TPSA) is 23.5 Å². The summed E-state index contributed by atoms with van der Waals surface area (Å²) in [5.41, 5.74) is 9.27. The quantitative estimate of drug-likeness (QED) is 0.381. The maximum absolute atomic E-state index is 15.1. The van der Waals surface area contributed by atoms with E-state index in [-0.39, 0.29) is 11.6 Å². The Morgan fingerprint density at radius 1 is 1.07 bits per heavy atom. The first-order chi connectivity index (χ1) is 14.0. The molecule has 1 N–H and O–H groups in total. The van der Waals surface area contributed by atoms with Crippen LogP contribution in [0.3, 0.4) is 0 Å². The zero-order valence-corrected chi connectivity index (χ0v) is 17.7. The Kier molecular flexibility index (Phi) is 5.13. The van der Waals surface area contributed by atoms with E-state index in [4.69, 9.17) is 0 Å². The second kappa shape index (κ2) is 7.60. The maximum Gasteiger partial charge on any atom is 0.131 e. The van der Waals surface area contributed by atoms with Crippen molar-refractivity contribution in [1.29, 1.82) is 0 Å². The van der Waals surface area contributed by atoms with E-state index < -0.39 is 0 Å². The number of fused-ring (bicyclic) bond motifs is 3. The van der Waals surface area contributed by atoms with Gasteiger partial charge in [-0.25, -0.2) is 4.39 Å². The summed E-state index contributed by atoms with van der Waals surface area (Å²) in [5, 5.41) is 9.75. The summed E-state index contributed by atoms with van der Waals surface area (Å²) in [4.78, 5) is 0. The normalized spacial score (nSPS) is 12.5. The van der Waals surface area contributed by atoms with Crippen LogP contribution < -0.4 is 4.31 Å². The zero-order chi connectivity index (χ0) is 20.7. The molecule has 29 heavy (non-hydrogen) atoms. The van der Waals surface area contributed by atoms with Crippen LogP contribution in [-0.2, 0) is 13.0 Å². The highest BCUT2D eigenvalue weighted by molar-refractivity contribution is 7.99. The molecule has 1 aliphatic rings. The second-order valence-corrected chi connectivity index (χ2v) is 8.17. The first-order valence-electron chi connectivity index (χ1n) is 9.63. The number of hydrogen-bond donors (Lipinski definition) is 1. The van der Waals surface area contributed by atoms with Crippen LogP contribution in [0.1, 0.15) is 22.3 Å². The summed E-state index contributed by atoms with van der Waals surface area (Å²) >= 11 is 1.66. The monoisotopic (exact) mass is 405 g/mol. The number of rotatable bonds is 4. The van der Waals surface area contributed by atoms with E-state index >= 15 is 4.39 Å². The van der Waals surface area contributed by atoms with Gasteiger partial charge in [0.2, 0.25) is 0 Å². The van der Waals surface area contributed by atoms with Crippen molar-refractivity contribution >= 4 is 17.6 Å². The van der Waals surface area contributed by atoms with Crippen LogP contribution in [0.25, 0.3) is 22.3 Å². The van der Waals surface area contributed by atoms with Crippen molar-refractivity contribution in [2.45, 2.75) is 26.8 Å². The summed E-state index contributed by atoms with van der Waals surface area (Å²) in [6.45, 7) is 8.83. The van der Waals surface area contributed by atoms with Gasteiger partial charge in [-0.05, 0) is 71.8 Å². The number of phenols is 1. The van der Waals surface area contributed by atoms with Crippen molar-refractivity contribution in [3.63, 3.8) is 0 Å². The number of aromatic hydroxyl groups is 1. The number of nitrogens with zero attached hydrogens (tertiary/aromatic N) is 1. The van der Waals surface area contributed by atoms with Crippen LogP contribution in [0.15, 0.2) is 55.1 Å². The van der Waals surface area contributed by atoms with E-state index in [2.05, 4.69) is 31.0 Å². The molecule has 1 aliphatic heterocycles. The van der Waals surface area contributed by atoms with Gasteiger partial charge in [0.15, 0.2) is 0 Å². The molecule has 2 nitrogen and oxygen atoms in total. The molecule has 0 spiro atoms. The molecule has 3 aromatic carbocycles. The van der Waals surface area contributed by atoms with Gasteiger partial charge >= 0.3 is 0 Å². The number of allylic oxidation sites excluding steroid dienone is 1. The Bertz CT molecular complexity index is 1110. The van der Waals surface area contributed by atoms with Gasteiger partial charge in [-0.1, -0.05) is 42.3 Å². The lowest BCUT2D eigenvalue weighted by molar-refractivity contribution is 0.475. The highest BCUT2D eigenvalue weighted by Crippen LogP contribution is 2.50. The number of hydrogen-bond acceptors (Lipinski definition) is 3. The van der Waals surface area contributed by atoms with Crippen LogP contribution in [0.2, 0.25) is 0 Å². The van der Waals surface area contributed by atoms with Gasteiger partial charge in [0.25, 0.3) is 0 Å². The lowest BCUT2D eigenvalue weighted by atomic mass is 9.81. The summed E-state index contributed by atoms with van der Waals surface area (Å²) in [7, 11) is 0. The first kappa shape index (κ1) is 19.6. The molecule has 0 fully saturated rings. The predicted octanol–water partition coefficient (Wildman–Crippen LogP) is 6.81. The number of anilines is 1. The average Bonchev–Trinajstić information content (AvgIpc) is 2.72. The molecular formula is C25H24FNOS. The predicted molar refractivity (Wildman–Crippen MR) is 122 cm³/mol. The molecule has 0 saturated carbocycles. The van der Waals surface area contributed by atoms with Gasteiger partial charge in [0.1, 0.15) is 11.6 Å². The molecule has 0 unspecified atom stereocenters. The van der Waals surface area contributed by atoms with Gasteiger partial charge < -0.3 is 9.41 Å². The third kappa shape index (κ3) is 3.12. The lowest BCUT2D eigenvalue weighted by Crippen LogP contribution is -2.22. The van der Waals surface area contributed by atoms with E-state index in [9.17, 15) is 5.11 Å². The minimum absolute atomic E-state index is 0.180. The van der Waals surface area contributed by atoms with Gasteiger partial charge in [0, 0.05) is 17.4 Å². The van der Waals surface area contributed by atoms with E-state index in [1.54, 1.807) is 36.2 Å². The summed E-state index contributed by atoms with van der Waals surface area (Å²) < 4.78 is 17.3. The summed E-state index contributed by atoms with van der Waals surface area (Å²) in [6, 6.07) is 12.6. The molecule has 0 saturated heterocycles. The summed E-state index contributed by atoms with van der Waals surface area (Å²) in [6.07, 6.45) is 4.70. The fourth-order valence-electron chi connectivity index (χ4n) is 4.45. The van der Waals surface area contributed by atoms with Crippen LogP contribution >= 0.6 is 11.9 Å². The van der Waals surface area contributed by atoms with Crippen LogP contribution in [0, 0.1) is 19.7 Å². The van der Waals surface area contributed by atoms with Crippen molar-refractivity contribution in [3.8, 4) is 28.0 Å². The fourth-order valence-corrected chi connectivity index (χ4v) is 5.13.